The molecular formula is C25H17Cl5FN3O4. The van der Waals surface area contributed by atoms with Crippen molar-refractivity contribution in [1.82, 2.24) is 0 Å². The molecular weight excluding hydrogens is 603 g/mol. The standard InChI is InChI=1S/C25H17Cl5FN3O4/c1-34(24(37)38)19-5-3-15(10-18(19)31)32-22(35)16-9-14(2-4-17(16)28)33-23(36)21-20(25(21,29)30)11-6-12(26)8-13(27)7-11/h2-10,20-21H,1H3,(H,32,35)(H,33,36)(H,37,38). The lowest BCUT2D eigenvalue weighted by atomic mass is 10.1. The van der Waals surface area contributed by atoms with Gasteiger partial charge >= 0.3 is 6.09 Å². The van der Waals surface area contributed by atoms with E-state index < -0.39 is 39.9 Å². The number of carbonyl (C=O) groups excluding carboxylic acids is 2. The van der Waals surface area contributed by atoms with Gasteiger partial charge in [0.15, 0.2) is 0 Å². The smallest absolute Gasteiger partial charge is 0.411 e. The summed E-state index contributed by atoms with van der Waals surface area (Å²) in [6.45, 7) is 0. The minimum Gasteiger partial charge on any atom is -0.465 e. The molecule has 3 amide bonds. The topological polar surface area (TPSA) is 98.7 Å². The molecule has 3 N–H and O–H groups in total. The van der Waals surface area contributed by atoms with Crippen molar-refractivity contribution >= 4 is 93.0 Å². The maximum Gasteiger partial charge on any atom is 0.411 e. The lowest BCUT2D eigenvalue weighted by molar-refractivity contribution is -0.117. The van der Waals surface area contributed by atoms with E-state index in [1.807, 2.05) is 0 Å². The molecule has 0 aromatic heterocycles. The van der Waals surface area contributed by atoms with Crippen molar-refractivity contribution in [1.29, 1.82) is 0 Å². The molecule has 4 rings (SSSR count). The van der Waals surface area contributed by atoms with Crippen molar-refractivity contribution in [2.75, 3.05) is 22.6 Å². The maximum absolute atomic E-state index is 14.4. The zero-order chi connectivity index (χ0) is 27.9. The molecule has 0 spiro atoms. The Morgan fingerprint density at radius 1 is 0.921 bits per heavy atom. The first kappa shape index (κ1) is 28.3. The number of hydrogen-bond donors (Lipinski definition) is 3. The van der Waals surface area contributed by atoms with Gasteiger partial charge in [-0.25, -0.2) is 9.18 Å². The number of anilines is 3. The van der Waals surface area contributed by atoms with Crippen LogP contribution in [0.25, 0.3) is 0 Å². The number of nitrogens with zero attached hydrogens (tertiary/aromatic N) is 1. The molecule has 0 bridgehead atoms. The Morgan fingerprint density at radius 3 is 2.13 bits per heavy atom. The molecule has 2 unspecified atom stereocenters. The molecule has 1 aliphatic rings. The van der Waals surface area contributed by atoms with E-state index in [2.05, 4.69) is 10.6 Å². The summed E-state index contributed by atoms with van der Waals surface area (Å²) in [5.74, 6) is -3.42. The molecule has 0 radical (unpaired) electrons. The SMILES string of the molecule is CN(C(=O)O)c1ccc(NC(=O)c2cc(NC(=O)C3C(c4cc(Cl)cc(Cl)c4)C3(Cl)Cl)ccc2Cl)cc1F. The summed E-state index contributed by atoms with van der Waals surface area (Å²) in [7, 11) is 1.19. The molecule has 3 aromatic rings. The zero-order valence-corrected chi connectivity index (χ0v) is 23.0. The minimum atomic E-state index is -1.39. The predicted octanol–water partition coefficient (Wildman–Crippen LogP) is 7.68. The average molecular weight is 620 g/mol. The van der Waals surface area contributed by atoms with Gasteiger partial charge in [0.05, 0.1) is 22.2 Å². The molecule has 0 saturated heterocycles. The first-order valence-corrected chi connectivity index (χ1v) is 12.7. The fourth-order valence-corrected chi connectivity index (χ4v) is 5.55. The van der Waals surface area contributed by atoms with Crippen molar-refractivity contribution in [2.24, 2.45) is 5.92 Å². The second kappa shape index (κ2) is 10.8. The number of rotatable bonds is 6. The fraction of sp³-hybridized carbons (Fsp3) is 0.160. The highest BCUT2D eigenvalue weighted by atomic mass is 35.5. The van der Waals surface area contributed by atoms with Crippen LogP contribution in [0.1, 0.15) is 21.8 Å². The van der Waals surface area contributed by atoms with E-state index in [9.17, 15) is 18.8 Å². The van der Waals surface area contributed by atoms with Crippen LogP contribution in [0.4, 0.5) is 26.2 Å². The molecule has 2 atom stereocenters. The van der Waals surface area contributed by atoms with Crippen LogP contribution in [0.2, 0.25) is 15.1 Å². The summed E-state index contributed by atoms with van der Waals surface area (Å²) in [6.07, 6.45) is -1.35. The third-order valence-electron chi connectivity index (χ3n) is 5.91. The Morgan fingerprint density at radius 2 is 1.53 bits per heavy atom. The van der Waals surface area contributed by atoms with E-state index in [1.165, 1.54) is 37.4 Å². The summed E-state index contributed by atoms with van der Waals surface area (Å²) in [5, 5.41) is 15.0. The molecule has 3 aromatic carbocycles. The third-order valence-corrected chi connectivity index (χ3v) is 7.62. The highest BCUT2D eigenvalue weighted by Gasteiger charge is 2.67. The summed E-state index contributed by atoms with van der Waals surface area (Å²) in [6, 6.07) is 12.6. The van der Waals surface area contributed by atoms with Crippen LogP contribution in [-0.4, -0.2) is 34.4 Å². The lowest BCUT2D eigenvalue weighted by Gasteiger charge is -2.15. The van der Waals surface area contributed by atoms with Gasteiger partial charge in [0.25, 0.3) is 5.91 Å². The first-order valence-electron chi connectivity index (χ1n) is 10.8. The van der Waals surface area contributed by atoms with Crippen molar-refractivity contribution < 1.29 is 23.9 Å². The minimum absolute atomic E-state index is 0.00594. The van der Waals surface area contributed by atoms with E-state index in [1.54, 1.807) is 18.2 Å². The van der Waals surface area contributed by atoms with Crippen LogP contribution >= 0.6 is 58.0 Å². The van der Waals surface area contributed by atoms with Gasteiger partial charge in [0.2, 0.25) is 5.91 Å². The van der Waals surface area contributed by atoms with Gasteiger partial charge in [0, 0.05) is 34.4 Å². The number of hydrogen-bond acceptors (Lipinski definition) is 3. The van der Waals surface area contributed by atoms with Crippen molar-refractivity contribution in [3.05, 3.63) is 86.6 Å². The maximum atomic E-state index is 14.4. The Labute approximate surface area is 241 Å². The lowest BCUT2D eigenvalue weighted by Crippen LogP contribution is -2.24. The molecule has 0 aliphatic heterocycles. The fourth-order valence-electron chi connectivity index (χ4n) is 3.98. The normalized spacial score (nSPS) is 17.4. The van der Waals surface area contributed by atoms with Crippen LogP contribution in [0.3, 0.4) is 0 Å². The van der Waals surface area contributed by atoms with Crippen LogP contribution in [-0.2, 0) is 4.79 Å². The molecule has 1 saturated carbocycles. The van der Waals surface area contributed by atoms with Gasteiger partial charge in [-0.2, -0.15) is 0 Å². The van der Waals surface area contributed by atoms with E-state index in [-0.39, 0.29) is 27.6 Å². The van der Waals surface area contributed by atoms with Crippen molar-refractivity contribution in [2.45, 2.75) is 10.3 Å². The number of carboxylic acid groups (broad SMARTS) is 1. The number of alkyl halides is 2. The van der Waals surface area contributed by atoms with Crippen molar-refractivity contribution in [3.8, 4) is 0 Å². The third kappa shape index (κ3) is 5.80. The molecule has 38 heavy (non-hydrogen) atoms. The van der Waals surface area contributed by atoms with Gasteiger partial charge in [-0.15, -0.1) is 23.2 Å². The molecule has 1 fully saturated rings. The first-order chi connectivity index (χ1) is 17.8. The van der Waals surface area contributed by atoms with Crippen LogP contribution in [0.15, 0.2) is 54.6 Å². The zero-order valence-electron chi connectivity index (χ0n) is 19.2. The molecule has 13 heteroatoms. The Kier molecular flexibility index (Phi) is 8.02. The van der Waals surface area contributed by atoms with Gasteiger partial charge in [0.1, 0.15) is 10.2 Å². The Hall–Kier alpha value is -2.75. The summed E-state index contributed by atoms with van der Waals surface area (Å²) in [4.78, 5) is 37.6. The summed E-state index contributed by atoms with van der Waals surface area (Å²) >= 11 is 31.1. The number of carbonyl (C=O) groups is 3. The average Bonchev–Trinajstić information content (AvgIpc) is 3.41. The molecule has 1 aliphatic carbocycles. The number of nitrogens with one attached hydrogen (secondary N) is 2. The Bertz CT molecular complexity index is 1450. The van der Waals surface area contributed by atoms with Crippen LogP contribution in [0.5, 0.6) is 0 Å². The number of amides is 3. The van der Waals surface area contributed by atoms with Crippen LogP contribution in [0, 0.1) is 11.7 Å². The number of benzene rings is 3. The summed E-state index contributed by atoms with van der Waals surface area (Å²) < 4.78 is 13.0. The van der Waals surface area contributed by atoms with Gasteiger partial charge < -0.3 is 15.7 Å². The van der Waals surface area contributed by atoms with Gasteiger partial charge in [-0.3, -0.25) is 14.5 Å². The number of halogens is 6. The summed E-state index contributed by atoms with van der Waals surface area (Å²) in [5.41, 5.74) is 0.722. The van der Waals surface area contributed by atoms with E-state index in [4.69, 9.17) is 63.1 Å². The van der Waals surface area contributed by atoms with Crippen molar-refractivity contribution in [3.63, 3.8) is 0 Å². The molecule has 0 heterocycles. The second-order valence-corrected chi connectivity index (χ2v) is 11.2. The highest BCUT2D eigenvalue weighted by molar-refractivity contribution is 6.53. The monoisotopic (exact) mass is 617 g/mol. The van der Waals surface area contributed by atoms with E-state index in [0.717, 1.165) is 6.07 Å². The van der Waals surface area contributed by atoms with Gasteiger partial charge in [-0.1, -0.05) is 34.8 Å². The predicted molar refractivity (Wildman–Crippen MR) is 148 cm³/mol. The second-order valence-electron chi connectivity index (χ2n) is 8.48. The highest BCUT2D eigenvalue weighted by Crippen LogP contribution is 2.65. The molecule has 7 nitrogen and oxygen atoms in total. The van der Waals surface area contributed by atoms with Crippen LogP contribution < -0.4 is 15.5 Å². The largest absolute Gasteiger partial charge is 0.465 e. The quantitative estimate of drug-likeness (QED) is 0.247. The van der Waals surface area contributed by atoms with E-state index in [0.29, 0.717) is 20.5 Å². The molecule has 198 valence electrons. The van der Waals surface area contributed by atoms with E-state index >= 15 is 0 Å². The Balaban J connectivity index is 1.49. The van der Waals surface area contributed by atoms with Gasteiger partial charge in [-0.05, 0) is 60.2 Å².